The third-order valence-corrected chi connectivity index (χ3v) is 3.86. The maximum Gasteiger partial charge on any atom is 0.129 e. The molecular weight excluding hydrogens is 246 g/mol. The summed E-state index contributed by atoms with van der Waals surface area (Å²) in [5, 5.41) is 3.37. The number of thioether (sulfide) groups is 1. The molecule has 2 heterocycles. The number of aryl methyl sites for hydroxylation is 1. The summed E-state index contributed by atoms with van der Waals surface area (Å²) in [5.74, 6) is 4.50. The van der Waals surface area contributed by atoms with Crippen molar-refractivity contribution in [2.45, 2.75) is 26.2 Å². The topological polar surface area (TPSA) is 47.0 Å². The third-order valence-electron chi connectivity index (χ3n) is 2.96. The van der Waals surface area contributed by atoms with Crippen molar-refractivity contribution in [3.8, 4) is 0 Å². The number of aromatic nitrogens is 2. The normalized spacial score (nSPS) is 19.1. The van der Waals surface area contributed by atoms with Gasteiger partial charge in [-0.2, -0.15) is 11.8 Å². The van der Waals surface area contributed by atoms with E-state index in [9.17, 15) is 0 Å². The van der Waals surface area contributed by atoms with Crippen LogP contribution in [0, 0.1) is 6.92 Å². The number of rotatable bonds is 6. The fourth-order valence-electron chi connectivity index (χ4n) is 2.05. The molecule has 1 aromatic heterocycles. The molecule has 0 bridgehead atoms. The number of hydrogen-bond donors (Lipinski definition) is 1. The molecule has 0 spiro atoms. The molecule has 2 rings (SSSR count). The molecule has 0 saturated carbocycles. The molecule has 4 nitrogen and oxygen atoms in total. The molecule has 0 radical (unpaired) electrons. The second kappa shape index (κ2) is 6.95. The van der Waals surface area contributed by atoms with Crippen LogP contribution in [0.5, 0.6) is 0 Å². The first kappa shape index (κ1) is 13.6. The molecule has 0 aliphatic carbocycles. The second-order valence-electron chi connectivity index (χ2n) is 4.41. The van der Waals surface area contributed by atoms with Gasteiger partial charge in [-0.1, -0.05) is 6.92 Å². The summed E-state index contributed by atoms with van der Waals surface area (Å²) < 4.78 is 5.42. The Labute approximate surface area is 113 Å². The Kier molecular flexibility index (Phi) is 5.26. The second-order valence-corrected chi connectivity index (χ2v) is 5.80. The lowest BCUT2D eigenvalue weighted by Crippen LogP contribution is -2.10. The highest BCUT2D eigenvalue weighted by Gasteiger charge is 2.20. The van der Waals surface area contributed by atoms with Gasteiger partial charge < -0.3 is 10.1 Å². The molecule has 18 heavy (non-hydrogen) atoms. The summed E-state index contributed by atoms with van der Waals surface area (Å²) in [4.78, 5) is 8.95. The lowest BCUT2D eigenvalue weighted by atomic mass is 10.0. The van der Waals surface area contributed by atoms with E-state index >= 15 is 0 Å². The largest absolute Gasteiger partial charge is 0.381 e. The summed E-state index contributed by atoms with van der Waals surface area (Å²) in [5.41, 5.74) is 1.12. The monoisotopic (exact) mass is 267 g/mol. The van der Waals surface area contributed by atoms with Crippen LogP contribution in [0.4, 0.5) is 5.82 Å². The quantitative estimate of drug-likeness (QED) is 0.802. The van der Waals surface area contributed by atoms with Crippen LogP contribution in [0.2, 0.25) is 0 Å². The molecule has 1 fully saturated rings. The number of anilines is 1. The van der Waals surface area contributed by atoms with Crippen LogP contribution < -0.4 is 5.32 Å². The van der Waals surface area contributed by atoms with Crippen LogP contribution in [0.3, 0.4) is 0 Å². The van der Waals surface area contributed by atoms with Gasteiger partial charge in [-0.15, -0.1) is 0 Å². The van der Waals surface area contributed by atoms with Crippen LogP contribution >= 0.6 is 11.8 Å². The molecule has 1 aromatic rings. The van der Waals surface area contributed by atoms with Crippen LogP contribution in [0.1, 0.15) is 30.8 Å². The molecule has 1 saturated heterocycles. The Balaban J connectivity index is 1.97. The predicted molar refractivity (Wildman–Crippen MR) is 76.4 cm³/mol. The Morgan fingerprint density at radius 1 is 1.50 bits per heavy atom. The van der Waals surface area contributed by atoms with Crippen molar-refractivity contribution in [1.29, 1.82) is 0 Å². The smallest absolute Gasteiger partial charge is 0.129 e. The van der Waals surface area contributed by atoms with Gasteiger partial charge in [0.2, 0.25) is 0 Å². The van der Waals surface area contributed by atoms with Gasteiger partial charge in [0.1, 0.15) is 11.6 Å². The first-order valence-corrected chi connectivity index (χ1v) is 7.70. The van der Waals surface area contributed by atoms with Gasteiger partial charge in [-0.25, -0.2) is 9.97 Å². The van der Waals surface area contributed by atoms with Gasteiger partial charge in [0.15, 0.2) is 0 Å². The lowest BCUT2D eigenvalue weighted by Gasteiger charge is -2.11. The fraction of sp³-hybridized carbons (Fsp3) is 0.692. The van der Waals surface area contributed by atoms with Gasteiger partial charge >= 0.3 is 0 Å². The van der Waals surface area contributed by atoms with Crippen molar-refractivity contribution in [3.63, 3.8) is 0 Å². The number of nitrogens with one attached hydrogen (secondary N) is 1. The molecule has 1 aliphatic heterocycles. The van der Waals surface area contributed by atoms with Crippen LogP contribution in [-0.4, -0.2) is 41.2 Å². The summed E-state index contributed by atoms with van der Waals surface area (Å²) in [6.07, 6.45) is 1.07. The molecule has 1 aliphatic rings. The minimum atomic E-state index is 0.442. The minimum Gasteiger partial charge on any atom is -0.381 e. The zero-order chi connectivity index (χ0) is 12.8. The molecular formula is C13H21N3OS. The van der Waals surface area contributed by atoms with Crippen molar-refractivity contribution >= 4 is 17.6 Å². The number of nitrogens with zero attached hydrogens (tertiary/aromatic N) is 2. The van der Waals surface area contributed by atoms with E-state index in [-0.39, 0.29) is 0 Å². The van der Waals surface area contributed by atoms with Crippen molar-refractivity contribution in [2.24, 2.45) is 0 Å². The average Bonchev–Trinajstić information content (AvgIpc) is 2.88. The predicted octanol–water partition coefficient (Wildman–Crippen LogP) is 2.45. The van der Waals surface area contributed by atoms with Crippen molar-refractivity contribution < 1.29 is 4.74 Å². The van der Waals surface area contributed by atoms with Crippen molar-refractivity contribution in [1.82, 2.24) is 9.97 Å². The van der Waals surface area contributed by atoms with Gasteiger partial charge in [-0.3, -0.25) is 0 Å². The van der Waals surface area contributed by atoms with Gasteiger partial charge in [-0.05, 0) is 19.1 Å². The van der Waals surface area contributed by atoms with E-state index in [0.29, 0.717) is 5.92 Å². The van der Waals surface area contributed by atoms with Gasteiger partial charge in [0.25, 0.3) is 0 Å². The third kappa shape index (κ3) is 3.85. The Morgan fingerprint density at radius 2 is 2.39 bits per heavy atom. The number of ether oxygens (including phenoxy) is 1. The van der Waals surface area contributed by atoms with E-state index in [1.165, 1.54) is 0 Å². The molecule has 1 atom stereocenters. The maximum atomic E-state index is 5.42. The Morgan fingerprint density at radius 3 is 3.11 bits per heavy atom. The van der Waals surface area contributed by atoms with E-state index in [1.54, 1.807) is 0 Å². The summed E-state index contributed by atoms with van der Waals surface area (Å²) in [7, 11) is 0. The summed E-state index contributed by atoms with van der Waals surface area (Å²) in [6, 6.07) is 2.07. The molecule has 1 N–H and O–H groups in total. The van der Waals surface area contributed by atoms with Crippen LogP contribution in [0.15, 0.2) is 6.07 Å². The zero-order valence-electron chi connectivity index (χ0n) is 11.1. The van der Waals surface area contributed by atoms with E-state index in [0.717, 1.165) is 55.0 Å². The highest BCUT2D eigenvalue weighted by molar-refractivity contribution is 7.99. The van der Waals surface area contributed by atoms with E-state index in [1.807, 2.05) is 18.7 Å². The highest BCUT2D eigenvalue weighted by atomic mass is 32.2. The molecule has 1 unspecified atom stereocenters. The van der Waals surface area contributed by atoms with E-state index in [2.05, 4.69) is 28.3 Å². The van der Waals surface area contributed by atoms with Gasteiger partial charge in [0.05, 0.1) is 12.3 Å². The molecule has 0 aromatic carbocycles. The minimum absolute atomic E-state index is 0.442. The van der Waals surface area contributed by atoms with Crippen LogP contribution in [-0.2, 0) is 4.74 Å². The van der Waals surface area contributed by atoms with Crippen LogP contribution in [0.25, 0.3) is 0 Å². The molecule has 0 amide bonds. The first-order chi connectivity index (χ1) is 8.79. The average molecular weight is 267 g/mol. The first-order valence-electron chi connectivity index (χ1n) is 6.54. The Bertz CT molecular complexity index is 380. The zero-order valence-corrected chi connectivity index (χ0v) is 11.9. The Hall–Kier alpha value is -0.810. The van der Waals surface area contributed by atoms with Crippen molar-refractivity contribution in [2.75, 3.05) is 36.6 Å². The van der Waals surface area contributed by atoms with E-state index < -0.39 is 0 Å². The summed E-state index contributed by atoms with van der Waals surface area (Å²) >= 11 is 1.94. The van der Waals surface area contributed by atoms with E-state index in [4.69, 9.17) is 4.74 Å². The maximum absolute atomic E-state index is 5.42. The van der Waals surface area contributed by atoms with Gasteiger partial charge in [0, 0.05) is 30.9 Å². The fourth-order valence-corrected chi connectivity index (χ4v) is 2.59. The van der Waals surface area contributed by atoms with Crippen molar-refractivity contribution in [3.05, 3.63) is 17.6 Å². The number of hydrogen-bond acceptors (Lipinski definition) is 5. The standard InChI is InChI=1S/C13H21N3OS/c1-3-18-7-5-14-13-8-12(15-10(2)16-13)11-4-6-17-9-11/h8,11H,3-7,9H2,1-2H3,(H,14,15,16). The summed E-state index contributed by atoms with van der Waals surface area (Å²) in [6.45, 7) is 6.73. The highest BCUT2D eigenvalue weighted by Crippen LogP contribution is 2.24. The molecule has 100 valence electrons. The SMILES string of the molecule is CCSCCNc1cc(C2CCOC2)nc(C)n1. The molecule has 5 heteroatoms. The lowest BCUT2D eigenvalue weighted by molar-refractivity contribution is 0.193.